The van der Waals surface area contributed by atoms with E-state index in [0.29, 0.717) is 28.3 Å². The lowest BCUT2D eigenvalue weighted by Gasteiger charge is -2.46. The predicted octanol–water partition coefficient (Wildman–Crippen LogP) is 1.32. The molecule has 2 aromatic rings. The number of halogens is 2. The Morgan fingerprint density at radius 3 is 2.56 bits per heavy atom. The third kappa shape index (κ3) is 5.77. The van der Waals surface area contributed by atoms with Crippen molar-refractivity contribution in [1.29, 1.82) is 0 Å². The molecule has 3 aliphatic heterocycles. The SMILES string of the molecule is CCOc1ccc(Cc2cc([C@@]34OC[C@@](CO)(O3)[C@@H](O)[C@H](O)[C@H]4O)ccc2Cl)cc1F.O=C(O)C1CCCN1. The molecule has 10 nitrogen and oxygen atoms in total. The first kappa shape index (κ1) is 29.6. The van der Waals surface area contributed by atoms with Crippen molar-refractivity contribution in [2.75, 3.05) is 26.4 Å². The van der Waals surface area contributed by atoms with Crippen LogP contribution in [0.25, 0.3) is 0 Å². The molecule has 2 aromatic carbocycles. The second kappa shape index (κ2) is 12.0. The van der Waals surface area contributed by atoms with Crippen molar-refractivity contribution in [2.45, 2.75) is 61.9 Å². The summed E-state index contributed by atoms with van der Waals surface area (Å²) in [5.74, 6) is -2.83. The van der Waals surface area contributed by atoms with Gasteiger partial charge in [0.2, 0.25) is 5.79 Å². The van der Waals surface area contributed by atoms with Crippen molar-refractivity contribution in [2.24, 2.45) is 0 Å². The summed E-state index contributed by atoms with van der Waals surface area (Å²) in [6.45, 7) is 2.15. The molecule has 12 heteroatoms. The summed E-state index contributed by atoms with van der Waals surface area (Å²) in [6, 6.07) is 9.16. The molecule has 39 heavy (non-hydrogen) atoms. The normalized spacial score (nSPS) is 31.5. The number of ether oxygens (including phenoxy) is 3. The lowest BCUT2D eigenvalue weighted by molar-refractivity contribution is -0.329. The Kier molecular flexibility index (Phi) is 9.14. The minimum Gasteiger partial charge on any atom is -0.491 e. The molecular weight excluding hydrogens is 537 g/mol. The van der Waals surface area contributed by atoms with E-state index in [1.165, 1.54) is 6.07 Å². The van der Waals surface area contributed by atoms with Crippen LogP contribution in [0, 0.1) is 5.82 Å². The van der Waals surface area contributed by atoms with Crippen molar-refractivity contribution < 1.29 is 48.9 Å². The van der Waals surface area contributed by atoms with Crippen molar-refractivity contribution in [3.8, 4) is 5.75 Å². The van der Waals surface area contributed by atoms with Gasteiger partial charge in [0.1, 0.15) is 30.0 Å². The van der Waals surface area contributed by atoms with Crippen LogP contribution < -0.4 is 10.1 Å². The van der Waals surface area contributed by atoms with Crippen LogP contribution in [-0.4, -0.2) is 87.8 Å². The number of hydrogen-bond donors (Lipinski definition) is 6. The fourth-order valence-electron chi connectivity index (χ4n) is 5.04. The Balaban J connectivity index is 0.000000379. The maximum absolute atomic E-state index is 14.2. The van der Waals surface area contributed by atoms with E-state index in [1.807, 2.05) is 0 Å². The molecule has 0 radical (unpaired) electrons. The van der Waals surface area contributed by atoms with E-state index in [0.717, 1.165) is 19.4 Å². The highest BCUT2D eigenvalue weighted by Crippen LogP contribution is 2.49. The molecule has 3 heterocycles. The van der Waals surface area contributed by atoms with Gasteiger partial charge in [-0.3, -0.25) is 4.79 Å². The minimum absolute atomic E-state index is 0.163. The van der Waals surface area contributed by atoms with Gasteiger partial charge in [0, 0.05) is 10.6 Å². The molecule has 5 rings (SSSR count). The first-order valence-corrected chi connectivity index (χ1v) is 13.1. The van der Waals surface area contributed by atoms with Gasteiger partial charge < -0.3 is 45.1 Å². The van der Waals surface area contributed by atoms with Gasteiger partial charge in [-0.05, 0) is 68.1 Å². The summed E-state index contributed by atoms with van der Waals surface area (Å²) in [7, 11) is 0. The zero-order valence-corrected chi connectivity index (χ0v) is 22.1. The van der Waals surface area contributed by atoms with Crippen LogP contribution in [-0.2, 0) is 26.5 Å². The number of aliphatic hydroxyl groups is 4. The number of aliphatic hydroxyl groups excluding tert-OH is 4. The van der Waals surface area contributed by atoms with E-state index in [4.69, 9.17) is 30.9 Å². The molecule has 3 fully saturated rings. The molecule has 3 saturated heterocycles. The number of hydrogen-bond acceptors (Lipinski definition) is 9. The van der Waals surface area contributed by atoms with Crippen LogP contribution in [0.5, 0.6) is 5.75 Å². The molecule has 0 spiro atoms. The van der Waals surface area contributed by atoms with E-state index < -0.39 is 48.1 Å². The Bertz CT molecular complexity index is 1180. The molecule has 3 aliphatic rings. The van der Waals surface area contributed by atoms with Gasteiger partial charge >= 0.3 is 5.97 Å². The van der Waals surface area contributed by atoms with Crippen LogP contribution >= 0.6 is 11.6 Å². The van der Waals surface area contributed by atoms with E-state index in [2.05, 4.69) is 5.32 Å². The van der Waals surface area contributed by atoms with E-state index in [9.17, 15) is 29.6 Å². The van der Waals surface area contributed by atoms with Gasteiger partial charge in [-0.25, -0.2) is 4.39 Å². The van der Waals surface area contributed by atoms with Crippen molar-refractivity contribution in [1.82, 2.24) is 5.32 Å². The third-order valence-electron chi connectivity index (χ3n) is 7.23. The maximum atomic E-state index is 14.2. The summed E-state index contributed by atoms with van der Waals surface area (Å²) in [5.41, 5.74) is 0.0530. The van der Waals surface area contributed by atoms with E-state index >= 15 is 0 Å². The largest absolute Gasteiger partial charge is 0.491 e. The fraction of sp³-hybridized carbons (Fsp3) is 0.519. The van der Waals surface area contributed by atoms with E-state index in [-0.39, 0.29) is 24.8 Å². The Morgan fingerprint density at radius 2 is 1.97 bits per heavy atom. The molecule has 0 amide bonds. The second-order valence-corrected chi connectivity index (χ2v) is 10.2. The quantitative estimate of drug-likeness (QED) is 0.287. The Hall–Kier alpha value is -2.35. The number of benzene rings is 2. The molecule has 0 aromatic heterocycles. The van der Waals surface area contributed by atoms with Gasteiger partial charge in [-0.1, -0.05) is 23.7 Å². The average Bonchev–Trinajstić information content (AvgIpc) is 3.59. The van der Waals surface area contributed by atoms with Crippen molar-refractivity contribution in [3.63, 3.8) is 0 Å². The number of carbonyl (C=O) groups is 1. The number of nitrogens with one attached hydrogen (secondary N) is 1. The highest BCUT2D eigenvalue weighted by molar-refractivity contribution is 6.31. The van der Waals surface area contributed by atoms with Crippen molar-refractivity contribution >= 4 is 17.6 Å². The summed E-state index contributed by atoms with van der Waals surface area (Å²) in [6.07, 6.45) is -2.67. The molecule has 2 bridgehead atoms. The van der Waals surface area contributed by atoms with Crippen LogP contribution in [0.4, 0.5) is 4.39 Å². The molecule has 214 valence electrons. The minimum atomic E-state index is -1.79. The predicted molar refractivity (Wildman–Crippen MR) is 137 cm³/mol. The lowest BCUT2D eigenvalue weighted by atomic mass is 9.83. The van der Waals surface area contributed by atoms with Crippen molar-refractivity contribution in [3.05, 3.63) is 63.9 Å². The number of rotatable bonds is 7. The highest BCUT2D eigenvalue weighted by Gasteiger charge is 2.67. The molecule has 1 unspecified atom stereocenters. The summed E-state index contributed by atoms with van der Waals surface area (Å²) < 4.78 is 31.0. The lowest BCUT2D eigenvalue weighted by Crippen LogP contribution is -2.65. The van der Waals surface area contributed by atoms with E-state index in [1.54, 1.807) is 37.3 Å². The molecule has 0 saturated carbocycles. The Morgan fingerprint density at radius 1 is 1.21 bits per heavy atom. The number of carboxylic acids is 1. The number of fused-ring (bicyclic) bond motifs is 2. The molecular formula is C27H33ClFNO9. The average molecular weight is 570 g/mol. The maximum Gasteiger partial charge on any atom is 0.320 e. The van der Waals surface area contributed by atoms with Crippen LogP contribution in [0.3, 0.4) is 0 Å². The topological polar surface area (TPSA) is 158 Å². The third-order valence-corrected chi connectivity index (χ3v) is 7.59. The van der Waals surface area contributed by atoms with Gasteiger partial charge in [0.25, 0.3) is 0 Å². The molecule has 6 atom stereocenters. The zero-order chi connectivity index (χ0) is 28.4. The van der Waals surface area contributed by atoms with Crippen LogP contribution in [0.1, 0.15) is 36.5 Å². The fourth-order valence-corrected chi connectivity index (χ4v) is 5.23. The first-order valence-electron chi connectivity index (χ1n) is 12.7. The summed E-state index contributed by atoms with van der Waals surface area (Å²) in [5, 5.41) is 52.7. The van der Waals surface area contributed by atoms with Crippen LogP contribution in [0.15, 0.2) is 36.4 Å². The Labute approximate surface area is 229 Å². The summed E-state index contributed by atoms with van der Waals surface area (Å²) in [4.78, 5) is 10.1. The molecule has 6 N–H and O–H groups in total. The smallest absolute Gasteiger partial charge is 0.320 e. The number of carboxylic acid groups (broad SMARTS) is 1. The number of aliphatic carboxylic acids is 1. The van der Waals surface area contributed by atoms with Gasteiger partial charge in [-0.15, -0.1) is 0 Å². The second-order valence-electron chi connectivity index (χ2n) is 9.83. The first-order chi connectivity index (χ1) is 18.6. The van der Waals surface area contributed by atoms with Gasteiger partial charge in [0.05, 0.1) is 19.8 Å². The monoisotopic (exact) mass is 569 g/mol. The van der Waals surface area contributed by atoms with Gasteiger partial charge in [-0.2, -0.15) is 0 Å². The van der Waals surface area contributed by atoms with Gasteiger partial charge in [0.15, 0.2) is 11.6 Å². The standard InChI is InChI=1S/C22H24ClFO7.C5H9NO2/c1-2-29-17-6-3-12(8-16(17)24)7-13-9-14(4-5-15(13)23)22-20(28)18(26)19(27)21(10-25,31-22)11-30-22;7-5(8)4-2-1-3-6-4/h3-6,8-9,18-20,25-28H,2,7,10-11H2,1H3;4,6H,1-3H2,(H,7,8)/t18-,19-,20+,21+,22+;/m0./s1. The zero-order valence-electron chi connectivity index (χ0n) is 21.3. The highest BCUT2D eigenvalue weighted by atomic mass is 35.5. The molecule has 0 aliphatic carbocycles. The van der Waals surface area contributed by atoms with Crippen LogP contribution in [0.2, 0.25) is 5.02 Å². The summed E-state index contributed by atoms with van der Waals surface area (Å²) >= 11 is 6.36.